The van der Waals surface area contributed by atoms with Crippen molar-refractivity contribution in [3.63, 3.8) is 0 Å². The van der Waals surface area contributed by atoms with Crippen LogP contribution in [0.25, 0.3) is 10.8 Å². The van der Waals surface area contributed by atoms with Crippen LogP contribution in [0.5, 0.6) is 0 Å². The first kappa shape index (κ1) is 24.2. The molecule has 0 radical (unpaired) electrons. The Morgan fingerprint density at radius 3 is 2.40 bits per heavy atom. The molecule has 0 saturated carbocycles. The summed E-state index contributed by atoms with van der Waals surface area (Å²) in [6.45, 7) is 5.41. The van der Waals surface area contributed by atoms with E-state index in [1.165, 1.54) is 11.8 Å². The molecule has 2 N–H and O–H groups in total. The lowest BCUT2D eigenvalue weighted by molar-refractivity contribution is 0.0635. The molecule has 4 rings (SSSR count). The highest BCUT2D eigenvalue weighted by atomic mass is 32.2. The van der Waals surface area contributed by atoms with Crippen molar-refractivity contribution in [1.29, 1.82) is 0 Å². The number of pyridine rings is 2. The fourth-order valence-electron chi connectivity index (χ4n) is 3.32. The highest BCUT2D eigenvalue weighted by Gasteiger charge is 2.17. The van der Waals surface area contributed by atoms with E-state index in [0.29, 0.717) is 23.0 Å². The van der Waals surface area contributed by atoms with Crippen LogP contribution in [0.4, 0.5) is 16.4 Å². The molecule has 0 fully saturated rings. The van der Waals surface area contributed by atoms with Crippen molar-refractivity contribution >= 4 is 46.2 Å². The molecule has 178 valence electrons. The SMILES string of the molecule is CC(C)(C)OC(=O)Nc1cc(CSc2ccccc2C(=O)Nc2cc3ccccc3cn2)ccn1. The molecular formula is C27H26N4O3S. The van der Waals surface area contributed by atoms with Crippen LogP contribution in [0.1, 0.15) is 36.7 Å². The molecule has 0 atom stereocenters. The van der Waals surface area contributed by atoms with Crippen molar-refractivity contribution in [2.24, 2.45) is 0 Å². The molecule has 8 heteroatoms. The molecule has 2 heterocycles. The van der Waals surface area contributed by atoms with E-state index in [4.69, 9.17) is 4.74 Å². The summed E-state index contributed by atoms with van der Waals surface area (Å²) in [4.78, 5) is 34.5. The minimum Gasteiger partial charge on any atom is -0.444 e. The van der Waals surface area contributed by atoms with Crippen molar-refractivity contribution < 1.29 is 14.3 Å². The van der Waals surface area contributed by atoms with Crippen LogP contribution in [0.2, 0.25) is 0 Å². The van der Waals surface area contributed by atoms with Crippen LogP contribution in [0.3, 0.4) is 0 Å². The monoisotopic (exact) mass is 486 g/mol. The van der Waals surface area contributed by atoms with Crippen LogP contribution in [-0.4, -0.2) is 27.6 Å². The molecule has 7 nitrogen and oxygen atoms in total. The number of nitrogens with one attached hydrogen (secondary N) is 2. The summed E-state index contributed by atoms with van der Waals surface area (Å²) in [6, 6.07) is 20.8. The molecular weight excluding hydrogens is 460 g/mol. The van der Waals surface area contributed by atoms with Crippen LogP contribution in [0, 0.1) is 0 Å². The number of benzene rings is 2. The molecule has 35 heavy (non-hydrogen) atoms. The van der Waals surface area contributed by atoms with Crippen molar-refractivity contribution in [1.82, 2.24) is 9.97 Å². The van der Waals surface area contributed by atoms with E-state index in [1.807, 2.05) is 54.6 Å². The summed E-state index contributed by atoms with van der Waals surface area (Å²) >= 11 is 1.53. The summed E-state index contributed by atoms with van der Waals surface area (Å²) in [5, 5.41) is 7.58. The largest absolute Gasteiger partial charge is 0.444 e. The Morgan fingerprint density at radius 2 is 1.60 bits per heavy atom. The summed E-state index contributed by atoms with van der Waals surface area (Å²) in [6.07, 6.45) is 2.82. The summed E-state index contributed by atoms with van der Waals surface area (Å²) < 4.78 is 5.28. The Labute approximate surface area is 208 Å². The van der Waals surface area contributed by atoms with Crippen molar-refractivity contribution in [2.75, 3.05) is 10.6 Å². The number of rotatable bonds is 6. The van der Waals surface area contributed by atoms with Gasteiger partial charge in [0, 0.05) is 28.4 Å². The van der Waals surface area contributed by atoms with Crippen LogP contribution in [0.15, 0.2) is 84.0 Å². The number of fused-ring (bicyclic) bond motifs is 1. The second kappa shape index (κ2) is 10.6. The number of carbonyl (C=O) groups excluding carboxylic acids is 2. The molecule has 0 aliphatic carbocycles. The van der Waals surface area contributed by atoms with Gasteiger partial charge < -0.3 is 10.1 Å². The lowest BCUT2D eigenvalue weighted by atomic mass is 10.2. The Balaban J connectivity index is 1.43. The van der Waals surface area contributed by atoms with Crippen LogP contribution >= 0.6 is 11.8 Å². The smallest absolute Gasteiger partial charge is 0.413 e. The van der Waals surface area contributed by atoms with Gasteiger partial charge in [-0.2, -0.15) is 0 Å². The van der Waals surface area contributed by atoms with Crippen molar-refractivity contribution in [3.8, 4) is 0 Å². The molecule has 0 unspecified atom stereocenters. The normalized spacial score (nSPS) is 11.2. The van der Waals surface area contributed by atoms with Gasteiger partial charge in [0.25, 0.3) is 5.91 Å². The molecule has 0 aliphatic rings. The predicted molar refractivity (Wildman–Crippen MR) is 140 cm³/mol. The molecule has 0 bridgehead atoms. The maximum Gasteiger partial charge on any atom is 0.413 e. The van der Waals surface area contributed by atoms with Crippen LogP contribution < -0.4 is 10.6 Å². The average molecular weight is 487 g/mol. The van der Waals surface area contributed by atoms with E-state index in [9.17, 15) is 9.59 Å². The summed E-state index contributed by atoms with van der Waals surface area (Å²) in [5.41, 5.74) is 0.917. The second-order valence-electron chi connectivity index (χ2n) is 8.83. The van der Waals surface area contributed by atoms with Gasteiger partial charge in [-0.05, 0) is 62.1 Å². The van der Waals surface area contributed by atoms with Gasteiger partial charge in [-0.15, -0.1) is 11.8 Å². The number of ether oxygens (including phenoxy) is 1. The molecule has 2 amide bonds. The highest BCUT2D eigenvalue weighted by molar-refractivity contribution is 7.98. The van der Waals surface area contributed by atoms with Gasteiger partial charge in [0.1, 0.15) is 17.2 Å². The van der Waals surface area contributed by atoms with Gasteiger partial charge >= 0.3 is 6.09 Å². The van der Waals surface area contributed by atoms with Crippen LogP contribution in [-0.2, 0) is 10.5 Å². The Morgan fingerprint density at radius 1 is 0.886 bits per heavy atom. The Kier molecular flexibility index (Phi) is 7.31. The fourth-order valence-corrected chi connectivity index (χ4v) is 4.31. The number of anilines is 2. The van der Waals surface area contributed by atoms with Gasteiger partial charge in [0.2, 0.25) is 0 Å². The Bertz CT molecular complexity index is 1370. The maximum atomic E-state index is 13.0. The van der Waals surface area contributed by atoms with E-state index in [2.05, 4.69) is 20.6 Å². The van der Waals surface area contributed by atoms with Crippen molar-refractivity contribution in [3.05, 3.63) is 90.3 Å². The van der Waals surface area contributed by atoms with E-state index in [1.54, 1.807) is 45.3 Å². The number of carbonyl (C=O) groups is 2. The molecule has 2 aromatic carbocycles. The summed E-state index contributed by atoms with van der Waals surface area (Å²) in [5.74, 6) is 1.27. The number of thioether (sulfide) groups is 1. The third-order valence-corrected chi connectivity index (χ3v) is 6.00. The first-order chi connectivity index (χ1) is 16.8. The van der Waals surface area contributed by atoms with Gasteiger partial charge in [-0.3, -0.25) is 10.1 Å². The minimum absolute atomic E-state index is 0.224. The highest BCUT2D eigenvalue weighted by Crippen LogP contribution is 2.28. The van der Waals surface area contributed by atoms with E-state index < -0.39 is 11.7 Å². The molecule has 0 aliphatic heterocycles. The van der Waals surface area contributed by atoms with E-state index in [-0.39, 0.29) is 5.91 Å². The molecule has 4 aromatic rings. The first-order valence-electron chi connectivity index (χ1n) is 11.1. The average Bonchev–Trinajstić information content (AvgIpc) is 2.82. The molecule has 2 aromatic heterocycles. The maximum absolute atomic E-state index is 13.0. The lowest BCUT2D eigenvalue weighted by Crippen LogP contribution is -2.27. The number of amides is 2. The summed E-state index contributed by atoms with van der Waals surface area (Å²) in [7, 11) is 0. The number of aromatic nitrogens is 2. The Hall–Kier alpha value is -3.91. The first-order valence-corrected chi connectivity index (χ1v) is 12.1. The topological polar surface area (TPSA) is 93.2 Å². The number of hydrogen-bond acceptors (Lipinski definition) is 6. The van der Waals surface area contributed by atoms with E-state index >= 15 is 0 Å². The third kappa shape index (κ3) is 6.80. The molecule has 0 spiro atoms. The van der Waals surface area contributed by atoms with Gasteiger partial charge in [0.05, 0.1) is 5.56 Å². The number of nitrogens with zero attached hydrogens (tertiary/aromatic N) is 2. The zero-order valence-corrected chi connectivity index (χ0v) is 20.6. The lowest BCUT2D eigenvalue weighted by Gasteiger charge is -2.19. The van der Waals surface area contributed by atoms with Gasteiger partial charge in [-0.25, -0.2) is 14.8 Å². The van der Waals surface area contributed by atoms with Gasteiger partial charge in [0.15, 0.2) is 0 Å². The van der Waals surface area contributed by atoms with Crippen molar-refractivity contribution in [2.45, 2.75) is 37.0 Å². The zero-order valence-electron chi connectivity index (χ0n) is 19.7. The second-order valence-corrected chi connectivity index (χ2v) is 9.85. The van der Waals surface area contributed by atoms with Gasteiger partial charge in [-0.1, -0.05) is 36.4 Å². The molecule has 0 saturated heterocycles. The standard InChI is InChI=1S/C27H26N4O3S/c1-27(2,3)34-26(33)31-23-14-18(12-13-28-23)17-35-22-11-7-6-10-21(22)25(32)30-24-15-19-8-4-5-9-20(19)16-29-24/h4-16H,17H2,1-3H3,(H,28,31,33)(H,29,30,32). The third-order valence-electron chi connectivity index (χ3n) is 4.85. The fraction of sp³-hybridized carbons (Fsp3) is 0.185. The zero-order chi connectivity index (χ0) is 24.8. The minimum atomic E-state index is -0.593. The predicted octanol–water partition coefficient (Wildman–Crippen LogP) is 6.52. The quantitative estimate of drug-likeness (QED) is 0.301. The number of hydrogen-bond donors (Lipinski definition) is 2. The van der Waals surface area contributed by atoms with E-state index in [0.717, 1.165) is 21.2 Å².